The fourth-order valence-corrected chi connectivity index (χ4v) is 1.78. The Balaban J connectivity index is 4.11. The molecule has 0 aromatic rings. The van der Waals surface area contributed by atoms with Crippen molar-refractivity contribution < 1.29 is 0 Å². The molecule has 1 N–H and O–H groups in total. The molecule has 1 atom stereocenters. The molecule has 17 heavy (non-hydrogen) atoms. The first-order valence-electron chi connectivity index (χ1n) is 6.86. The highest BCUT2D eigenvalue weighted by atomic mass is 15.2. The molecule has 0 rings (SSSR count). The largest absolute Gasteiger partial charge is 0.311 e. The van der Waals surface area contributed by atoms with Crippen LogP contribution in [-0.2, 0) is 0 Å². The van der Waals surface area contributed by atoms with E-state index in [9.17, 15) is 0 Å². The fourth-order valence-electron chi connectivity index (χ4n) is 1.78. The van der Waals surface area contributed by atoms with Gasteiger partial charge >= 0.3 is 0 Å². The summed E-state index contributed by atoms with van der Waals surface area (Å²) in [4.78, 5) is 4.74. The Bertz CT molecular complexity index is 184. The summed E-state index contributed by atoms with van der Waals surface area (Å²) in [6.45, 7) is 12.3. The van der Waals surface area contributed by atoms with Gasteiger partial charge in [0.2, 0.25) is 0 Å². The molecule has 0 amide bonds. The molecule has 0 saturated carbocycles. The van der Waals surface area contributed by atoms with Gasteiger partial charge in [-0.25, -0.2) is 0 Å². The second kappa shape index (κ2) is 8.06. The van der Waals surface area contributed by atoms with Crippen LogP contribution >= 0.6 is 0 Å². The molecular weight excluding hydrogens is 210 g/mol. The Labute approximate surface area is 109 Å². The minimum Gasteiger partial charge on any atom is -0.311 e. The van der Waals surface area contributed by atoms with E-state index in [2.05, 4.69) is 64.0 Å². The molecule has 1 unspecified atom stereocenters. The lowest BCUT2D eigenvalue weighted by molar-refractivity contribution is 0.192. The van der Waals surface area contributed by atoms with E-state index in [1.165, 1.54) is 12.8 Å². The van der Waals surface area contributed by atoms with E-state index in [0.717, 1.165) is 19.6 Å². The fraction of sp³-hybridized carbons (Fsp3) is 1.00. The zero-order chi connectivity index (χ0) is 13.5. The van der Waals surface area contributed by atoms with Crippen LogP contribution in [0.2, 0.25) is 0 Å². The molecule has 0 aliphatic heterocycles. The Kier molecular flexibility index (Phi) is 8.01. The number of hydrogen-bond donors (Lipinski definition) is 1. The van der Waals surface area contributed by atoms with Gasteiger partial charge in [-0.3, -0.25) is 0 Å². The van der Waals surface area contributed by atoms with Gasteiger partial charge < -0.3 is 15.1 Å². The van der Waals surface area contributed by atoms with E-state index in [4.69, 9.17) is 0 Å². The highest BCUT2D eigenvalue weighted by Crippen LogP contribution is 2.07. The monoisotopic (exact) mass is 243 g/mol. The van der Waals surface area contributed by atoms with Crippen LogP contribution in [0.15, 0.2) is 0 Å². The molecular formula is C14H33N3. The van der Waals surface area contributed by atoms with Crippen molar-refractivity contribution in [3.63, 3.8) is 0 Å². The molecule has 0 spiro atoms. The van der Waals surface area contributed by atoms with Gasteiger partial charge in [-0.05, 0) is 48.3 Å². The number of nitrogens with zero attached hydrogens (tertiary/aromatic N) is 2. The minimum atomic E-state index is 0.217. The predicted molar refractivity (Wildman–Crippen MR) is 77.6 cm³/mol. The van der Waals surface area contributed by atoms with Crippen LogP contribution in [0.1, 0.15) is 40.5 Å². The van der Waals surface area contributed by atoms with E-state index in [-0.39, 0.29) is 5.54 Å². The second-order valence-corrected chi connectivity index (χ2v) is 6.36. The Morgan fingerprint density at radius 2 is 1.65 bits per heavy atom. The Morgan fingerprint density at radius 1 is 1.06 bits per heavy atom. The Morgan fingerprint density at radius 3 is 2.06 bits per heavy atom. The van der Waals surface area contributed by atoms with Crippen molar-refractivity contribution in [3.05, 3.63) is 0 Å². The first kappa shape index (κ1) is 16.9. The van der Waals surface area contributed by atoms with Crippen LogP contribution in [0.4, 0.5) is 0 Å². The highest BCUT2D eigenvalue weighted by Gasteiger charge is 2.17. The van der Waals surface area contributed by atoms with Gasteiger partial charge in [0.15, 0.2) is 0 Å². The summed E-state index contributed by atoms with van der Waals surface area (Å²) in [6, 6.07) is 0.652. The van der Waals surface area contributed by atoms with Crippen molar-refractivity contribution in [1.29, 1.82) is 0 Å². The number of rotatable bonds is 8. The van der Waals surface area contributed by atoms with Crippen LogP contribution in [0.3, 0.4) is 0 Å². The highest BCUT2D eigenvalue weighted by molar-refractivity contribution is 4.77. The molecule has 0 heterocycles. The van der Waals surface area contributed by atoms with E-state index >= 15 is 0 Å². The van der Waals surface area contributed by atoms with Gasteiger partial charge in [0.05, 0.1) is 0 Å². The molecule has 104 valence electrons. The molecule has 0 saturated heterocycles. The molecule has 0 aromatic heterocycles. The van der Waals surface area contributed by atoms with Crippen molar-refractivity contribution in [1.82, 2.24) is 15.1 Å². The molecule has 3 heteroatoms. The first-order valence-corrected chi connectivity index (χ1v) is 6.86. The zero-order valence-corrected chi connectivity index (χ0v) is 13.0. The maximum absolute atomic E-state index is 3.62. The average Bonchev–Trinajstić information content (AvgIpc) is 2.19. The van der Waals surface area contributed by atoms with Gasteiger partial charge in [0, 0.05) is 31.2 Å². The summed E-state index contributed by atoms with van der Waals surface area (Å²) in [5.74, 6) is 0. The minimum absolute atomic E-state index is 0.217. The third kappa shape index (κ3) is 9.57. The van der Waals surface area contributed by atoms with Crippen molar-refractivity contribution >= 4 is 0 Å². The number of likely N-dealkylation sites (N-methyl/N-ethyl adjacent to an activating group) is 2. The standard InChI is InChI=1S/C14H33N3/c1-8-9-13(12-15-14(2,3)4)17(7)11-10-16(5)6/h13,15H,8-12H2,1-7H3. The molecule has 0 aromatic carbocycles. The summed E-state index contributed by atoms with van der Waals surface area (Å²) in [5.41, 5.74) is 0.217. The SMILES string of the molecule is CCCC(CNC(C)(C)C)N(C)CCN(C)C. The van der Waals surface area contributed by atoms with E-state index < -0.39 is 0 Å². The van der Waals surface area contributed by atoms with Gasteiger partial charge in [0.25, 0.3) is 0 Å². The molecule has 0 aliphatic rings. The van der Waals surface area contributed by atoms with Crippen molar-refractivity contribution in [2.75, 3.05) is 40.8 Å². The summed E-state index contributed by atoms with van der Waals surface area (Å²) < 4.78 is 0. The first-order chi connectivity index (χ1) is 7.76. The third-order valence-electron chi connectivity index (χ3n) is 3.01. The second-order valence-electron chi connectivity index (χ2n) is 6.36. The summed E-state index contributed by atoms with van der Waals surface area (Å²) in [7, 11) is 6.51. The average molecular weight is 243 g/mol. The van der Waals surface area contributed by atoms with E-state index in [1.54, 1.807) is 0 Å². The quantitative estimate of drug-likeness (QED) is 0.704. The number of hydrogen-bond acceptors (Lipinski definition) is 3. The zero-order valence-electron chi connectivity index (χ0n) is 13.0. The molecule has 0 bridgehead atoms. The predicted octanol–water partition coefficient (Wildman–Crippen LogP) is 2.04. The van der Waals surface area contributed by atoms with Crippen molar-refractivity contribution in [2.45, 2.75) is 52.1 Å². The van der Waals surface area contributed by atoms with Gasteiger partial charge in [-0.1, -0.05) is 13.3 Å². The van der Waals surface area contributed by atoms with Crippen LogP contribution in [0, 0.1) is 0 Å². The van der Waals surface area contributed by atoms with Crippen LogP contribution in [-0.4, -0.2) is 62.2 Å². The topological polar surface area (TPSA) is 18.5 Å². The van der Waals surface area contributed by atoms with Gasteiger partial charge in [-0.2, -0.15) is 0 Å². The smallest absolute Gasteiger partial charge is 0.0218 e. The van der Waals surface area contributed by atoms with E-state index in [1.807, 2.05) is 0 Å². The lowest BCUT2D eigenvalue weighted by Crippen LogP contribution is -2.47. The van der Waals surface area contributed by atoms with Crippen molar-refractivity contribution in [3.8, 4) is 0 Å². The summed E-state index contributed by atoms with van der Waals surface area (Å²) in [6.07, 6.45) is 2.52. The van der Waals surface area contributed by atoms with Crippen LogP contribution in [0.25, 0.3) is 0 Å². The molecule has 3 nitrogen and oxygen atoms in total. The Hall–Kier alpha value is -0.120. The molecule has 0 aliphatic carbocycles. The molecule has 0 fully saturated rings. The third-order valence-corrected chi connectivity index (χ3v) is 3.01. The maximum atomic E-state index is 3.62. The van der Waals surface area contributed by atoms with Crippen molar-refractivity contribution in [2.24, 2.45) is 0 Å². The van der Waals surface area contributed by atoms with Crippen LogP contribution in [0.5, 0.6) is 0 Å². The van der Waals surface area contributed by atoms with Crippen LogP contribution < -0.4 is 5.32 Å². The van der Waals surface area contributed by atoms with E-state index in [0.29, 0.717) is 6.04 Å². The maximum Gasteiger partial charge on any atom is 0.0218 e. The number of nitrogens with one attached hydrogen (secondary N) is 1. The summed E-state index contributed by atoms with van der Waals surface area (Å²) in [5, 5.41) is 3.62. The molecule has 0 radical (unpaired) electrons. The lowest BCUT2D eigenvalue weighted by atomic mass is 10.1. The summed E-state index contributed by atoms with van der Waals surface area (Å²) >= 11 is 0. The lowest BCUT2D eigenvalue weighted by Gasteiger charge is -2.32. The van der Waals surface area contributed by atoms with Gasteiger partial charge in [0.1, 0.15) is 0 Å². The van der Waals surface area contributed by atoms with Gasteiger partial charge in [-0.15, -0.1) is 0 Å². The normalized spacial score (nSPS) is 14.6.